The van der Waals surface area contributed by atoms with Crippen LogP contribution in [-0.4, -0.2) is 23.5 Å². The summed E-state index contributed by atoms with van der Waals surface area (Å²) in [6, 6.07) is -2.05. The van der Waals surface area contributed by atoms with E-state index in [1.54, 1.807) is 0 Å². The molecule has 0 saturated carbocycles. The normalized spacial score (nSPS) is 12.4. The lowest BCUT2D eigenvalue weighted by Gasteiger charge is -2.01. The second-order valence-electron chi connectivity index (χ2n) is 1.20. The minimum Gasteiger partial charge on any atom is -0.480 e. The zero-order valence-corrected chi connectivity index (χ0v) is 5.07. The van der Waals surface area contributed by atoms with E-state index in [1.807, 2.05) is 0 Å². The van der Waals surface area contributed by atoms with E-state index in [-0.39, 0.29) is 12.4 Å². The molecule has 0 spiro atoms. The summed E-state index contributed by atoms with van der Waals surface area (Å²) in [6.45, 7) is 0. The molecule has 0 unspecified atom stereocenters. The van der Waals surface area contributed by atoms with E-state index in [9.17, 15) is 13.6 Å². The van der Waals surface area contributed by atoms with Gasteiger partial charge in [-0.15, -0.1) is 12.4 Å². The first-order valence-electron chi connectivity index (χ1n) is 1.82. The zero-order valence-electron chi connectivity index (χ0n) is 4.25. The van der Waals surface area contributed by atoms with Gasteiger partial charge in [0.25, 0.3) is 6.43 Å². The average Bonchev–Trinajstić information content (AvgIpc) is 1.64. The van der Waals surface area contributed by atoms with Crippen molar-refractivity contribution in [2.75, 3.05) is 0 Å². The molecular weight excluding hydrogens is 155 g/mol. The van der Waals surface area contributed by atoms with Crippen LogP contribution in [0.25, 0.3) is 0 Å². The molecule has 0 saturated heterocycles. The van der Waals surface area contributed by atoms with Gasteiger partial charge in [0.2, 0.25) is 0 Å². The molecule has 56 valence electrons. The summed E-state index contributed by atoms with van der Waals surface area (Å²) in [7, 11) is 0. The van der Waals surface area contributed by atoms with E-state index in [4.69, 9.17) is 5.11 Å². The number of carboxylic acids is 1. The van der Waals surface area contributed by atoms with Gasteiger partial charge in [-0.3, -0.25) is 4.79 Å². The highest BCUT2D eigenvalue weighted by molar-refractivity contribution is 5.85. The van der Waals surface area contributed by atoms with E-state index >= 15 is 0 Å². The lowest BCUT2D eigenvalue weighted by molar-refractivity contribution is -0.142. The van der Waals surface area contributed by atoms with Gasteiger partial charge in [-0.05, 0) is 0 Å². The monoisotopic (exact) mass is 161 g/mol. The summed E-state index contributed by atoms with van der Waals surface area (Å²) in [5, 5.41) is 7.75. The maximum absolute atomic E-state index is 11.2. The fraction of sp³-hybridized carbons (Fsp3) is 0.667. The van der Waals surface area contributed by atoms with Crippen molar-refractivity contribution in [1.82, 2.24) is 0 Å². The number of carboxylic acid groups (broad SMARTS) is 1. The molecule has 0 heterocycles. The van der Waals surface area contributed by atoms with Crippen molar-refractivity contribution in [3.8, 4) is 0 Å². The van der Waals surface area contributed by atoms with Crippen molar-refractivity contribution >= 4 is 18.4 Å². The molecular formula is C3H6ClF2NO2. The molecule has 0 fully saturated rings. The Labute approximate surface area is 56.2 Å². The summed E-state index contributed by atoms with van der Waals surface area (Å²) in [6.07, 6.45) is -2.98. The van der Waals surface area contributed by atoms with Gasteiger partial charge >= 0.3 is 5.97 Å². The lowest BCUT2D eigenvalue weighted by atomic mass is 10.3. The molecule has 0 bridgehead atoms. The number of nitrogens with two attached hydrogens (primary N) is 1. The molecule has 0 aliphatic carbocycles. The summed E-state index contributed by atoms with van der Waals surface area (Å²) < 4.78 is 22.3. The summed E-state index contributed by atoms with van der Waals surface area (Å²) in [5.74, 6) is -1.68. The van der Waals surface area contributed by atoms with Crippen LogP contribution in [0.3, 0.4) is 0 Å². The van der Waals surface area contributed by atoms with Gasteiger partial charge < -0.3 is 10.8 Å². The Kier molecular flexibility index (Phi) is 5.64. The molecule has 1 atom stereocenters. The maximum atomic E-state index is 11.2. The highest BCUT2D eigenvalue weighted by Gasteiger charge is 2.22. The van der Waals surface area contributed by atoms with Crippen molar-refractivity contribution in [2.45, 2.75) is 12.5 Å². The Morgan fingerprint density at radius 1 is 1.56 bits per heavy atom. The van der Waals surface area contributed by atoms with Crippen LogP contribution in [0.1, 0.15) is 0 Å². The fourth-order valence-corrected chi connectivity index (χ4v) is 0.108. The minimum atomic E-state index is -2.98. The highest BCUT2D eigenvalue weighted by Crippen LogP contribution is 1.96. The van der Waals surface area contributed by atoms with E-state index in [2.05, 4.69) is 5.73 Å². The Morgan fingerprint density at radius 2 is 1.89 bits per heavy atom. The minimum absolute atomic E-state index is 0. The van der Waals surface area contributed by atoms with Gasteiger partial charge in [-0.2, -0.15) is 0 Å². The number of carbonyl (C=O) groups is 1. The predicted molar refractivity (Wildman–Crippen MR) is 28.9 cm³/mol. The molecule has 0 aromatic carbocycles. The van der Waals surface area contributed by atoms with Gasteiger partial charge in [-0.25, -0.2) is 8.78 Å². The van der Waals surface area contributed by atoms with Crippen molar-refractivity contribution < 1.29 is 18.7 Å². The van der Waals surface area contributed by atoms with Crippen LogP contribution in [0, 0.1) is 0 Å². The third kappa shape index (κ3) is 4.11. The fourth-order valence-electron chi connectivity index (χ4n) is 0.108. The molecule has 0 aliphatic rings. The first kappa shape index (κ1) is 11.4. The Hall–Kier alpha value is -0.420. The second-order valence-corrected chi connectivity index (χ2v) is 1.20. The predicted octanol–water partition coefficient (Wildman–Crippen LogP) is 0.0852. The molecule has 0 radical (unpaired) electrons. The number of halogens is 3. The summed E-state index contributed by atoms with van der Waals surface area (Å²) in [4.78, 5) is 9.54. The summed E-state index contributed by atoms with van der Waals surface area (Å²) in [5.41, 5.74) is 4.41. The van der Waals surface area contributed by atoms with Crippen molar-refractivity contribution in [1.29, 1.82) is 0 Å². The molecule has 9 heavy (non-hydrogen) atoms. The number of hydrogen-bond donors (Lipinski definition) is 2. The molecule has 6 heteroatoms. The van der Waals surface area contributed by atoms with Crippen LogP contribution in [0.15, 0.2) is 0 Å². The van der Waals surface area contributed by atoms with Crippen LogP contribution >= 0.6 is 12.4 Å². The number of rotatable bonds is 2. The molecule has 3 nitrogen and oxygen atoms in total. The third-order valence-electron chi connectivity index (χ3n) is 0.557. The van der Waals surface area contributed by atoms with Crippen LogP contribution in [-0.2, 0) is 4.79 Å². The topological polar surface area (TPSA) is 63.3 Å². The van der Waals surface area contributed by atoms with Crippen LogP contribution in [0.5, 0.6) is 0 Å². The number of alkyl halides is 2. The summed E-state index contributed by atoms with van der Waals surface area (Å²) >= 11 is 0. The van der Waals surface area contributed by atoms with Crippen molar-refractivity contribution in [3.63, 3.8) is 0 Å². The van der Waals surface area contributed by atoms with Crippen LogP contribution in [0.2, 0.25) is 0 Å². The first-order chi connectivity index (χ1) is 3.55. The third-order valence-corrected chi connectivity index (χ3v) is 0.557. The van der Waals surface area contributed by atoms with E-state index in [0.29, 0.717) is 0 Å². The Morgan fingerprint density at radius 3 is 1.89 bits per heavy atom. The van der Waals surface area contributed by atoms with Gasteiger partial charge in [0.1, 0.15) is 0 Å². The standard InChI is InChI=1S/C3H5F2NO2.ClH/c4-2(5)1(6)3(7)8;/h1-2H,6H2,(H,7,8);1H/t1-;/m0./s1. The molecule has 3 N–H and O–H groups in total. The number of aliphatic carboxylic acids is 1. The molecule has 0 aromatic rings. The van der Waals surface area contributed by atoms with E-state index in [0.717, 1.165) is 0 Å². The zero-order chi connectivity index (χ0) is 6.73. The van der Waals surface area contributed by atoms with Gasteiger partial charge in [-0.1, -0.05) is 0 Å². The van der Waals surface area contributed by atoms with Crippen LogP contribution in [0.4, 0.5) is 8.78 Å². The SMILES string of the molecule is Cl.N[C@H](C(=O)O)C(F)F. The van der Waals surface area contributed by atoms with Crippen molar-refractivity contribution in [3.05, 3.63) is 0 Å². The number of hydrogen-bond acceptors (Lipinski definition) is 2. The lowest BCUT2D eigenvalue weighted by Crippen LogP contribution is -2.36. The molecule has 0 amide bonds. The highest BCUT2D eigenvalue weighted by atomic mass is 35.5. The first-order valence-corrected chi connectivity index (χ1v) is 1.82. The van der Waals surface area contributed by atoms with Crippen LogP contribution < -0.4 is 5.73 Å². The van der Waals surface area contributed by atoms with E-state index in [1.165, 1.54) is 0 Å². The van der Waals surface area contributed by atoms with Gasteiger partial charge in [0.15, 0.2) is 6.04 Å². The quantitative estimate of drug-likeness (QED) is 0.603. The Balaban J connectivity index is 0. The Bertz CT molecular complexity index is 99.8. The van der Waals surface area contributed by atoms with Gasteiger partial charge in [0.05, 0.1) is 0 Å². The molecule has 0 rings (SSSR count). The van der Waals surface area contributed by atoms with Gasteiger partial charge in [0, 0.05) is 0 Å². The maximum Gasteiger partial charge on any atom is 0.326 e. The van der Waals surface area contributed by atoms with Crippen molar-refractivity contribution in [2.24, 2.45) is 5.73 Å². The second kappa shape index (κ2) is 4.46. The van der Waals surface area contributed by atoms with E-state index < -0.39 is 18.4 Å². The molecule has 0 aliphatic heterocycles. The molecule has 0 aromatic heterocycles. The smallest absolute Gasteiger partial charge is 0.326 e. The largest absolute Gasteiger partial charge is 0.480 e. The average molecular weight is 162 g/mol.